The largest absolute Gasteiger partial charge is 0.383 e. The fraction of sp³-hybridized carbons (Fsp3) is 0.278. The van der Waals surface area contributed by atoms with Crippen molar-refractivity contribution in [2.75, 3.05) is 6.54 Å². The van der Waals surface area contributed by atoms with Crippen LogP contribution in [0.3, 0.4) is 0 Å². The molecule has 1 unspecified atom stereocenters. The number of aryl methyl sites for hydroxylation is 1. The lowest BCUT2D eigenvalue weighted by Crippen LogP contribution is -2.39. The van der Waals surface area contributed by atoms with Gasteiger partial charge in [-0.2, -0.15) is 10.2 Å². The number of amides is 1. The lowest BCUT2D eigenvalue weighted by Gasteiger charge is -2.22. The van der Waals surface area contributed by atoms with Gasteiger partial charge in [0.2, 0.25) is 5.91 Å². The van der Waals surface area contributed by atoms with Gasteiger partial charge in [-0.25, -0.2) is 4.68 Å². The van der Waals surface area contributed by atoms with Crippen molar-refractivity contribution < 1.29 is 9.90 Å². The molecular formula is C18H21N5O2. The van der Waals surface area contributed by atoms with E-state index in [4.69, 9.17) is 0 Å². The first-order valence-corrected chi connectivity index (χ1v) is 8.01. The van der Waals surface area contributed by atoms with E-state index in [0.717, 1.165) is 11.3 Å². The molecule has 0 spiro atoms. The van der Waals surface area contributed by atoms with Crippen molar-refractivity contribution in [1.82, 2.24) is 24.9 Å². The van der Waals surface area contributed by atoms with Gasteiger partial charge >= 0.3 is 0 Å². The van der Waals surface area contributed by atoms with Crippen LogP contribution in [0.5, 0.6) is 0 Å². The molecule has 2 aromatic heterocycles. The Morgan fingerprint density at radius 3 is 2.64 bits per heavy atom. The summed E-state index contributed by atoms with van der Waals surface area (Å²) in [7, 11) is 1.78. The fourth-order valence-electron chi connectivity index (χ4n) is 2.51. The van der Waals surface area contributed by atoms with Gasteiger partial charge in [0.25, 0.3) is 0 Å². The number of carbonyl (C=O) groups is 1. The summed E-state index contributed by atoms with van der Waals surface area (Å²) in [6.07, 6.45) is 7.17. The van der Waals surface area contributed by atoms with Gasteiger partial charge in [-0.3, -0.25) is 9.48 Å². The number of hydrogen-bond donors (Lipinski definition) is 2. The average Bonchev–Trinajstić information content (AvgIpc) is 3.26. The Hall–Kier alpha value is -2.93. The molecule has 2 heterocycles. The average molecular weight is 339 g/mol. The van der Waals surface area contributed by atoms with Crippen LogP contribution in [0.25, 0.3) is 5.69 Å². The second-order valence-electron chi connectivity index (χ2n) is 6.25. The maximum atomic E-state index is 12.1. The molecule has 1 atom stereocenters. The Bertz CT molecular complexity index is 835. The third kappa shape index (κ3) is 4.13. The van der Waals surface area contributed by atoms with Gasteiger partial charge in [-0.15, -0.1) is 0 Å². The quantitative estimate of drug-likeness (QED) is 0.706. The number of benzene rings is 1. The van der Waals surface area contributed by atoms with Crippen LogP contribution < -0.4 is 5.32 Å². The zero-order chi connectivity index (χ0) is 17.9. The third-order valence-corrected chi connectivity index (χ3v) is 4.03. The Morgan fingerprint density at radius 2 is 2.04 bits per heavy atom. The van der Waals surface area contributed by atoms with E-state index in [2.05, 4.69) is 15.5 Å². The SMILES string of the molecule is Cn1cc(C(C)(O)CNC(=O)Cc2ccc(-n3cccn3)cc2)cn1. The minimum absolute atomic E-state index is 0.128. The fourth-order valence-corrected chi connectivity index (χ4v) is 2.51. The topological polar surface area (TPSA) is 85.0 Å². The molecule has 2 N–H and O–H groups in total. The molecule has 3 aromatic rings. The maximum absolute atomic E-state index is 12.1. The molecule has 25 heavy (non-hydrogen) atoms. The van der Waals surface area contributed by atoms with Crippen molar-refractivity contribution in [2.24, 2.45) is 7.05 Å². The van der Waals surface area contributed by atoms with Gasteiger partial charge in [0, 0.05) is 31.2 Å². The third-order valence-electron chi connectivity index (χ3n) is 4.03. The number of hydrogen-bond acceptors (Lipinski definition) is 4. The summed E-state index contributed by atoms with van der Waals surface area (Å²) in [4.78, 5) is 12.1. The van der Waals surface area contributed by atoms with Gasteiger partial charge in [0.1, 0.15) is 5.60 Å². The number of nitrogens with zero attached hydrogens (tertiary/aromatic N) is 4. The monoisotopic (exact) mass is 339 g/mol. The summed E-state index contributed by atoms with van der Waals surface area (Å²) >= 11 is 0. The number of aliphatic hydroxyl groups is 1. The Morgan fingerprint density at radius 1 is 1.28 bits per heavy atom. The lowest BCUT2D eigenvalue weighted by molar-refractivity contribution is -0.121. The predicted octanol–water partition coefficient (Wildman–Crippen LogP) is 1.17. The number of carbonyl (C=O) groups excluding carboxylic acids is 1. The van der Waals surface area contributed by atoms with Crippen LogP contribution in [0.2, 0.25) is 0 Å². The van der Waals surface area contributed by atoms with Crippen LogP contribution >= 0.6 is 0 Å². The zero-order valence-electron chi connectivity index (χ0n) is 14.3. The summed E-state index contributed by atoms with van der Waals surface area (Å²) in [5, 5.41) is 21.5. The predicted molar refractivity (Wildman–Crippen MR) is 93.1 cm³/mol. The summed E-state index contributed by atoms with van der Waals surface area (Å²) in [5.41, 5.74) is 1.34. The molecule has 0 aliphatic rings. The van der Waals surface area contributed by atoms with E-state index in [-0.39, 0.29) is 18.9 Å². The molecule has 130 valence electrons. The van der Waals surface area contributed by atoms with E-state index >= 15 is 0 Å². The molecule has 0 fully saturated rings. The van der Waals surface area contributed by atoms with Crippen molar-refractivity contribution in [2.45, 2.75) is 18.9 Å². The van der Waals surface area contributed by atoms with E-state index in [1.807, 2.05) is 36.5 Å². The molecule has 1 amide bonds. The molecule has 0 saturated carbocycles. The summed E-state index contributed by atoms with van der Waals surface area (Å²) in [6.45, 7) is 1.78. The molecular weight excluding hydrogens is 318 g/mol. The maximum Gasteiger partial charge on any atom is 0.224 e. The van der Waals surface area contributed by atoms with E-state index in [9.17, 15) is 9.90 Å². The van der Waals surface area contributed by atoms with Gasteiger partial charge in [-0.1, -0.05) is 12.1 Å². The second kappa shape index (κ2) is 6.90. The van der Waals surface area contributed by atoms with E-state index in [1.165, 1.54) is 0 Å². The zero-order valence-corrected chi connectivity index (χ0v) is 14.3. The van der Waals surface area contributed by atoms with Gasteiger partial charge in [0.05, 0.1) is 24.8 Å². The van der Waals surface area contributed by atoms with Crippen molar-refractivity contribution in [3.63, 3.8) is 0 Å². The van der Waals surface area contributed by atoms with Crippen molar-refractivity contribution in [3.8, 4) is 5.69 Å². The van der Waals surface area contributed by atoms with E-state index in [0.29, 0.717) is 5.56 Å². The Labute approximate surface area is 145 Å². The van der Waals surface area contributed by atoms with Crippen LogP contribution in [0, 0.1) is 0 Å². The van der Waals surface area contributed by atoms with Crippen LogP contribution in [-0.4, -0.2) is 37.1 Å². The van der Waals surface area contributed by atoms with E-state index in [1.54, 1.807) is 41.9 Å². The highest BCUT2D eigenvalue weighted by atomic mass is 16.3. The first-order chi connectivity index (χ1) is 11.9. The molecule has 0 aliphatic carbocycles. The van der Waals surface area contributed by atoms with Crippen molar-refractivity contribution >= 4 is 5.91 Å². The number of rotatable bonds is 6. The summed E-state index contributed by atoms with van der Waals surface area (Å²) < 4.78 is 3.38. The minimum Gasteiger partial charge on any atom is -0.383 e. The summed E-state index contributed by atoms with van der Waals surface area (Å²) in [6, 6.07) is 9.49. The highest BCUT2D eigenvalue weighted by Crippen LogP contribution is 2.18. The first-order valence-electron chi connectivity index (χ1n) is 8.01. The van der Waals surface area contributed by atoms with E-state index < -0.39 is 5.60 Å². The van der Waals surface area contributed by atoms with Crippen LogP contribution in [0.1, 0.15) is 18.1 Å². The highest BCUT2D eigenvalue weighted by molar-refractivity contribution is 5.78. The summed E-state index contributed by atoms with van der Waals surface area (Å²) in [5.74, 6) is -0.143. The molecule has 1 aromatic carbocycles. The van der Waals surface area contributed by atoms with Gasteiger partial charge < -0.3 is 10.4 Å². The molecule has 0 aliphatic heterocycles. The first kappa shape index (κ1) is 16.9. The van der Waals surface area contributed by atoms with Crippen LogP contribution in [0.15, 0.2) is 55.1 Å². The molecule has 7 nitrogen and oxygen atoms in total. The van der Waals surface area contributed by atoms with Crippen molar-refractivity contribution in [1.29, 1.82) is 0 Å². The molecule has 0 saturated heterocycles. The highest BCUT2D eigenvalue weighted by Gasteiger charge is 2.25. The van der Waals surface area contributed by atoms with Gasteiger partial charge in [0.15, 0.2) is 0 Å². The molecule has 7 heteroatoms. The minimum atomic E-state index is -1.16. The Balaban J connectivity index is 1.55. The lowest BCUT2D eigenvalue weighted by atomic mass is 9.99. The van der Waals surface area contributed by atoms with Crippen LogP contribution in [-0.2, 0) is 23.9 Å². The smallest absolute Gasteiger partial charge is 0.224 e. The number of aromatic nitrogens is 4. The van der Waals surface area contributed by atoms with Gasteiger partial charge in [-0.05, 0) is 30.7 Å². The van der Waals surface area contributed by atoms with Crippen molar-refractivity contribution in [3.05, 3.63) is 66.2 Å². The second-order valence-corrected chi connectivity index (χ2v) is 6.25. The number of nitrogens with one attached hydrogen (secondary N) is 1. The van der Waals surface area contributed by atoms with Crippen LogP contribution in [0.4, 0.5) is 0 Å². The molecule has 0 radical (unpaired) electrons. The molecule has 3 rings (SSSR count). The standard InChI is InChI=1S/C18H21N5O2/c1-18(25,15-11-21-22(2)12-15)13-19-17(24)10-14-4-6-16(7-5-14)23-9-3-8-20-23/h3-9,11-12,25H,10,13H2,1-2H3,(H,19,24). The molecule has 0 bridgehead atoms. The normalized spacial score (nSPS) is 13.4. The Kier molecular flexibility index (Phi) is 4.67.